The van der Waals surface area contributed by atoms with Crippen LogP contribution in [0.15, 0.2) is 59.0 Å². The molecule has 2 aliphatic rings. The van der Waals surface area contributed by atoms with Gasteiger partial charge in [0.05, 0.1) is 16.5 Å². The number of nitrogen functional groups attached to an aromatic ring is 1. The number of carbonyl (C=O) groups is 2. The molecule has 2 aromatic rings. The highest BCUT2D eigenvalue weighted by molar-refractivity contribution is 6.08. The molecule has 0 saturated heterocycles. The quantitative estimate of drug-likeness (QED) is 0.319. The van der Waals surface area contributed by atoms with Crippen LogP contribution in [0.25, 0.3) is 33.4 Å². The van der Waals surface area contributed by atoms with Crippen molar-refractivity contribution in [2.45, 2.75) is 0 Å². The average Bonchev–Trinajstić information content (AvgIpc) is 2.65. The molecule has 0 aromatic heterocycles. The molecule has 7 heteroatoms. The number of rotatable bonds is 3. The predicted molar refractivity (Wildman–Crippen MR) is 102 cm³/mol. The van der Waals surface area contributed by atoms with E-state index in [9.17, 15) is 19.8 Å². The van der Waals surface area contributed by atoms with E-state index in [4.69, 9.17) is 15.6 Å². The molecule has 7 nitrogen and oxygen atoms in total. The van der Waals surface area contributed by atoms with Gasteiger partial charge >= 0.3 is 11.9 Å². The van der Waals surface area contributed by atoms with Gasteiger partial charge in [0.25, 0.3) is 0 Å². The Labute approximate surface area is 158 Å². The Morgan fingerprint density at radius 1 is 0.893 bits per heavy atom. The maximum absolute atomic E-state index is 11.9. The van der Waals surface area contributed by atoms with Crippen LogP contribution in [0.5, 0.6) is 0 Å². The Bertz CT molecular complexity index is 1310. The highest BCUT2D eigenvalue weighted by Gasteiger charge is 2.22. The topological polar surface area (TPSA) is 138 Å². The molecular weight excluding hydrogens is 360 g/mol. The maximum Gasteiger partial charge on any atom is 0.336 e. The van der Waals surface area contributed by atoms with Gasteiger partial charge in [0, 0.05) is 34.3 Å². The molecule has 1 heterocycles. The molecular formula is C21H14N2O5. The molecule has 0 spiro atoms. The van der Waals surface area contributed by atoms with E-state index in [0.29, 0.717) is 39.1 Å². The molecule has 5 N–H and O–H groups in total. The van der Waals surface area contributed by atoms with Gasteiger partial charge in [0.2, 0.25) is 0 Å². The lowest BCUT2D eigenvalue weighted by Crippen LogP contribution is -2.06. The summed E-state index contributed by atoms with van der Waals surface area (Å²) in [4.78, 5) is 23.2. The first-order valence-electron chi connectivity index (χ1n) is 8.27. The van der Waals surface area contributed by atoms with Crippen LogP contribution >= 0.6 is 0 Å². The molecule has 1 aliphatic heterocycles. The normalized spacial score (nSPS) is 11.0. The molecule has 28 heavy (non-hydrogen) atoms. The average molecular weight is 374 g/mol. The molecule has 0 radical (unpaired) electrons. The lowest BCUT2D eigenvalue weighted by atomic mass is 9.90. The van der Waals surface area contributed by atoms with Crippen molar-refractivity contribution in [3.05, 3.63) is 71.1 Å². The van der Waals surface area contributed by atoms with E-state index < -0.39 is 11.9 Å². The van der Waals surface area contributed by atoms with Crippen LogP contribution in [-0.4, -0.2) is 22.2 Å². The first kappa shape index (κ1) is 17.3. The van der Waals surface area contributed by atoms with Crippen molar-refractivity contribution in [3.8, 4) is 22.5 Å². The van der Waals surface area contributed by atoms with Gasteiger partial charge in [0.1, 0.15) is 11.3 Å². The van der Waals surface area contributed by atoms with Crippen LogP contribution in [-0.2, 0) is 0 Å². The van der Waals surface area contributed by atoms with Crippen molar-refractivity contribution in [1.82, 2.24) is 0 Å². The van der Waals surface area contributed by atoms with Crippen LogP contribution in [0, 0.1) is 5.41 Å². The summed E-state index contributed by atoms with van der Waals surface area (Å²) in [5, 5.41) is 27.6. The van der Waals surface area contributed by atoms with Crippen LogP contribution in [0.3, 0.4) is 0 Å². The van der Waals surface area contributed by atoms with Gasteiger partial charge < -0.3 is 25.8 Å². The van der Waals surface area contributed by atoms with Crippen molar-refractivity contribution in [3.63, 3.8) is 0 Å². The van der Waals surface area contributed by atoms with Crippen molar-refractivity contribution >= 4 is 28.6 Å². The van der Waals surface area contributed by atoms with E-state index in [-0.39, 0.29) is 16.5 Å². The summed E-state index contributed by atoms with van der Waals surface area (Å²) in [7, 11) is 0. The number of nitrogens with one attached hydrogen (secondary N) is 1. The van der Waals surface area contributed by atoms with E-state index in [1.807, 2.05) is 0 Å². The van der Waals surface area contributed by atoms with Gasteiger partial charge in [-0.3, -0.25) is 0 Å². The van der Waals surface area contributed by atoms with Crippen molar-refractivity contribution in [2.24, 2.45) is 0 Å². The fraction of sp³-hybridized carbons (Fsp3) is 0. The summed E-state index contributed by atoms with van der Waals surface area (Å²) in [6.45, 7) is 0. The Hall–Kier alpha value is -4.13. The van der Waals surface area contributed by atoms with Gasteiger partial charge in [-0.2, -0.15) is 0 Å². The molecule has 0 saturated carbocycles. The van der Waals surface area contributed by atoms with Gasteiger partial charge in [0.15, 0.2) is 0 Å². The van der Waals surface area contributed by atoms with E-state index in [2.05, 4.69) is 0 Å². The predicted octanol–water partition coefficient (Wildman–Crippen LogP) is 3.66. The Morgan fingerprint density at radius 2 is 1.64 bits per heavy atom. The number of carboxylic acids is 2. The minimum absolute atomic E-state index is 0.118. The molecule has 0 bridgehead atoms. The van der Waals surface area contributed by atoms with Crippen LogP contribution in [0.2, 0.25) is 0 Å². The molecule has 2 aromatic carbocycles. The van der Waals surface area contributed by atoms with Crippen molar-refractivity contribution in [2.75, 3.05) is 5.73 Å². The standard InChI is InChI=1S/C21H14N2O5/c22-11-2-5-14-17(8-11)28-18-9-12(23)3-6-15(18)19(14)13-4-1-10(20(24)25)7-16(13)21(26)27/h1-9,22H,23H2,(H,24,25)(H,26,27). The molecule has 0 amide bonds. The number of hydrogen-bond donors (Lipinski definition) is 4. The first-order chi connectivity index (χ1) is 13.3. The van der Waals surface area contributed by atoms with Gasteiger partial charge in [-0.15, -0.1) is 0 Å². The Kier molecular flexibility index (Phi) is 3.85. The summed E-state index contributed by atoms with van der Waals surface area (Å²) in [6.07, 6.45) is 0. The summed E-state index contributed by atoms with van der Waals surface area (Å²) in [5.41, 5.74) is 8.05. The number of aromatic carboxylic acids is 2. The monoisotopic (exact) mass is 374 g/mol. The summed E-state index contributed by atoms with van der Waals surface area (Å²) >= 11 is 0. The number of nitrogens with two attached hydrogens (primary N) is 1. The van der Waals surface area contributed by atoms with Crippen LogP contribution in [0.1, 0.15) is 20.7 Å². The molecule has 0 unspecified atom stereocenters. The fourth-order valence-electron chi connectivity index (χ4n) is 3.27. The second-order valence-electron chi connectivity index (χ2n) is 6.31. The third-order valence-corrected chi connectivity index (χ3v) is 4.51. The molecule has 0 atom stereocenters. The number of fused-ring (bicyclic) bond motifs is 2. The lowest BCUT2D eigenvalue weighted by molar-refractivity contribution is 0.0696. The van der Waals surface area contributed by atoms with Gasteiger partial charge in [-0.25, -0.2) is 9.59 Å². The van der Waals surface area contributed by atoms with E-state index in [0.717, 1.165) is 6.07 Å². The SMILES string of the molecule is N=c1ccc2c(-c3ccc(C(=O)O)cc3C(=O)O)c3ccc(N)cc3oc-2c1. The highest BCUT2D eigenvalue weighted by Crippen LogP contribution is 2.41. The van der Waals surface area contributed by atoms with Crippen molar-refractivity contribution < 1.29 is 24.2 Å². The maximum atomic E-state index is 11.9. The van der Waals surface area contributed by atoms with E-state index in [1.54, 1.807) is 30.3 Å². The third-order valence-electron chi connectivity index (χ3n) is 4.51. The number of benzene rings is 3. The van der Waals surface area contributed by atoms with Crippen LogP contribution < -0.4 is 11.1 Å². The molecule has 4 rings (SSSR count). The smallest absolute Gasteiger partial charge is 0.336 e. The fourth-order valence-corrected chi connectivity index (χ4v) is 3.27. The lowest BCUT2D eigenvalue weighted by Gasteiger charge is -2.17. The minimum atomic E-state index is -1.24. The number of carboxylic acid groups (broad SMARTS) is 2. The number of anilines is 1. The second-order valence-corrected chi connectivity index (χ2v) is 6.31. The Morgan fingerprint density at radius 3 is 2.36 bits per heavy atom. The summed E-state index contributed by atoms with van der Waals surface area (Å²) in [6, 6.07) is 13.8. The zero-order valence-electron chi connectivity index (χ0n) is 14.4. The summed E-state index contributed by atoms with van der Waals surface area (Å²) < 4.78 is 5.89. The molecule has 138 valence electrons. The van der Waals surface area contributed by atoms with Crippen molar-refractivity contribution in [1.29, 1.82) is 5.41 Å². The Balaban J connectivity index is 2.17. The number of hydrogen-bond acceptors (Lipinski definition) is 5. The second kappa shape index (κ2) is 6.24. The third kappa shape index (κ3) is 2.75. The zero-order chi connectivity index (χ0) is 20.0. The summed E-state index contributed by atoms with van der Waals surface area (Å²) in [5.74, 6) is -2.05. The zero-order valence-corrected chi connectivity index (χ0v) is 14.4. The van der Waals surface area contributed by atoms with Gasteiger partial charge in [-0.05, 0) is 42.0 Å². The first-order valence-corrected chi connectivity index (χ1v) is 8.27. The van der Waals surface area contributed by atoms with E-state index >= 15 is 0 Å². The molecule has 1 aliphatic carbocycles. The minimum Gasteiger partial charge on any atom is -0.478 e. The largest absolute Gasteiger partial charge is 0.478 e. The molecule has 0 fully saturated rings. The highest BCUT2D eigenvalue weighted by atomic mass is 16.4. The van der Waals surface area contributed by atoms with Crippen LogP contribution in [0.4, 0.5) is 5.69 Å². The van der Waals surface area contributed by atoms with Gasteiger partial charge in [-0.1, -0.05) is 6.07 Å². The van der Waals surface area contributed by atoms with E-state index in [1.165, 1.54) is 18.2 Å².